The van der Waals surface area contributed by atoms with Crippen molar-refractivity contribution in [3.05, 3.63) is 93.5 Å². The Labute approximate surface area is 437 Å². The van der Waals surface area contributed by atoms with Crippen LogP contribution in [0.2, 0.25) is 0 Å². The van der Waals surface area contributed by atoms with Gasteiger partial charge in [-0.05, 0) is 62.3 Å². The molecule has 2 heterocycles. The first kappa shape index (κ1) is 57.3. The van der Waals surface area contributed by atoms with Crippen LogP contribution in [0.4, 0.5) is 0 Å². The van der Waals surface area contributed by atoms with Crippen LogP contribution in [0.1, 0.15) is 114 Å². The summed E-state index contributed by atoms with van der Waals surface area (Å²) in [5.74, 6) is -7.01. The van der Waals surface area contributed by atoms with E-state index in [-0.39, 0.29) is 77.3 Å². The van der Waals surface area contributed by atoms with Crippen LogP contribution in [0.25, 0.3) is 0 Å². The highest BCUT2D eigenvalue weighted by atomic mass is 31.2. The van der Waals surface area contributed by atoms with E-state index >= 15 is 0 Å². The summed E-state index contributed by atoms with van der Waals surface area (Å²) in [4.78, 5) is 129. The first-order valence-corrected chi connectivity index (χ1v) is 26.7. The van der Waals surface area contributed by atoms with Gasteiger partial charge in [0.25, 0.3) is 0 Å². The molecule has 10 N–H and O–H groups in total. The number of Topliss-reactive ketones (excluding diaryl/α,β-unsaturated/α-hetero) is 1. The van der Waals surface area contributed by atoms with Gasteiger partial charge in [0.1, 0.15) is 60.1 Å². The lowest BCUT2D eigenvalue weighted by atomic mass is 9.72. The smallest absolute Gasteiger partial charge is 0.334 e. The fourth-order valence-corrected chi connectivity index (χ4v) is 10.8. The first-order chi connectivity index (χ1) is 35.8. The molecule has 2 fully saturated rings. The Morgan fingerprint density at radius 1 is 0.921 bits per heavy atom. The van der Waals surface area contributed by atoms with Crippen LogP contribution in [0.15, 0.2) is 54.6 Å². The number of aliphatic hydroxyl groups excluding tert-OH is 2. The van der Waals surface area contributed by atoms with Gasteiger partial charge in [-0.25, -0.2) is 0 Å². The molecule has 3 aromatic carbocycles. The number of benzene rings is 3. The van der Waals surface area contributed by atoms with Crippen LogP contribution in [-0.4, -0.2) is 163 Å². The maximum atomic E-state index is 14.5. The molecule has 2 saturated heterocycles. The molecule has 4 aliphatic rings. The van der Waals surface area contributed by atoms with Crippen LogP contribution in [0, 0.1) is 5.92 Å². The lowest BCUT2D eigenvalue weighted by Crippen LogP contribution is -2.61. The number of hydrogen-bond donors (Lipinski definition) is 10. The molecule has 2 aliphatic carbocycles. The fraction of sp³-hybridized carbons (Fsp3) is 0.500. The van der Waals surface area contributed by atoms with Crippen molar-refractivity contribution in [2.45, 2.75) is 133 Å². The molecule has 24 heteroatoms. The molecule has 7 rings (SSSR count). The molecule has 2 aliphatic heterocycles. The number of ether oxygens (including phenoxy) is 3. The molecule has 0 bridgehead atoms. The number of aromatic hydroxyl groups is 1. The van der Waals surface area contributed by atoms with Crippen molar-refractivity contribution in [2.24, 2.45) is 5.92 Å². The molecular weight excluding hydrogens is 1010 g/mol. The van der Waals surface area contributed by atoms with Gasteiger partial charge in [0, 0.05) is 48.9 Å². The number of carbonyl (C=O) groups excluding carboxylic acids is 8. The van der Waals surface area contributed by atoms with Gasteiger partial charge in [0.05, 0.1) is 36.5 Å². The van der Waals surface area contributed by atoms with Crippen molar-refractivity contribution in [1.29, 1.82) is 0 Å². The summed E-state index contributed by atoms with van der Waals surface area (Å²) < 4.78 is 29.2. The second-order valence-electron chi connectivity index (χ2n) is 20.2. The zero-order chi connectivity index (χ0) is 55.6. The number of phenols is 1. The number of carbonyl (C=O) groups is 8. The number of rotatable bonds is 19. The predicted octanol–water partition coefficient (Wildman–Crippen LogP) is 0.385. The van der Waals surface area contributed by atoms with E-state index in [1.807, 2.05) is 0 Å². The molecule has 10 unspecified atom stereocenters. The van der Waals surface area contributed by atoms with E-state index in [1.165, 1.54) is 50.1 Å². The van der Waals surface area contributed by atoms with Crippen molar-refractivity contribution in [3.8, 4) is 11.5 Å². The molecule has 10 atom stereocenters. The lowest BCUT2D eigenvalue weighted by Gasteiger charge is -2.43. The molecule has 0 saturated carbocycles. The number of aliphatic hydroxyl groups is 3. The third-order valence-electron chi connectivity index (χ3n) is 14.2. The van der Waals surface area contributed by atoms with Gasteiger partial charge in [-0.2, -0.15) is 0 Å². The van der Waals surface area contributed by atoms with E-state index in [0.717, 1.165) is 0 Å². The van der Waals surface area contributed by atoms with E-state index in [9.17, 15) is 73.1 Å². The second-order valence-corrected chi connectivity index (χ2v) is 21.9. The normalized spacial score (nSPS) is 24.3. The number of nitrogens with zero attached hydrogens (tertiary/aromatic N) is 1. The highest BCUT2D eigenvalue weighted by Crippen LogP contribution is 2.48. The first-order valence-electron chi connectivity index (χ1n) is 24.9. The van der Waals surface area contributed by atoms with Crippen LogP contribution in [0.3, 0.4) is 0 Å². The maximum absolute atomic E-state index is 14.5. The summed E-state index contributed by atoms with van der Waals surface area (Å²) in [6, 6.07) is 8.47. The number of methoxy groups -OCH3 is 1. The number of nitrogens with one attached hydrogen (secondary N) is 4. The Morgan fingerprint density at radius 3 is 2.28 bits per heavy atom. The third-order valence-corrected chi connectivity index (χ3v) is 14.9. The van der Waals surface area contributed by atoms with Crippen molar-refractivity contribution in [3.63, 3.8) is 0 Å². The van der Waals surface area contributed by atoms with Crippen molar-refractivity contribution in [1.82, 2.24) is 26.2 Å². The molecule has 410 valence electrons. The number of hydrogen-bond acceptors (Lipinski definition) is 16. The molecule has 5 amide bonds. The van der Waals surface area contributed by atoms with Gasteiger partial charge >= 0.3 is 7.60 Å². The van der Waals surface area contributed by atoms with Crippen molar-refractivity contribution >= 4 is 54.5 Å². The summed E-state index contributed by atoms with van der Waals surface area (Å²) >= 11 is 0. The highest BCUT2D eigenvalue weighted by molar-refractivity contribution is 7.52. The van der Waals surface area contributed by atoms with Crippen LogP contribution < -0.4 is 26.0 Å². The number of amides is 5. The highest BCUT2D eigenvalue weighted by Gasteiger charge is 2.49. The summed E-state index contributed by atoms with van der Waals surface area (Å²) in [7, 11) is -3.40. The number of ketones is 3. The Balaban J connectivity index is 1.11. The predicted molar refractivity (Wildman–Crippen MR) is 267 cm³/mol. The van der Waals surface area contributed by atoms with E-state index in [1.54, 1.807) is 44.2 Å². The average Bonchev–Trinajstić information content (AvgIpc) is 3.88. The SMILES string of the molecule is COc1cccc2c1C(=O)c1cc3c(c(O)c1C2=O)CC(O)(C(=O)CO)CC3OC1CC(NC(=O)C(Cc2ccccc2)NC(=O)C2CCCN2C(=O)C(CC(C)C)NC(=O)C(C)NC(=O)CP(=O)(O)O)C(O)C(C)O1. The third kappa shape index (κ3) is 12.5. The quantitative estimate of drug-likeness (QED) is 0.0568. The van der Waals surface area contributed by atoms with E-state index in [2.05, 4.69) is 21.3 Å². The Morgan fingerprint density at radius 2 is 1.62 bits per heavy atom. The number of fused-ring (bicyclic) bond motifs is 3. The van der Waals surface area contributed by atoms with E-state index in [0.29, 0.717) is 12.0 Å². The van der Waals surface area contributed by atoms with Crippen LogP contribution >= 0.6 is 7.60 Å². The monoisotopic (exact) mass is 1080 g/mol. The molecule has 0 spiro atoms. The van der Waals surface area contributed by atoms with Crippen molar-refractivity contribution < 1.29 is 87.3 Å². The number of likely N-dealkylation sites (tertiary alicyclic amines) is 1. The number of phenolic OH excluding ortho intramolecular Hbond substituents is 1. The standard InChI is InChI=1S/C52H64N5O18P/c1-25(2)17-35(56-48(65)26(3)53-40(60)24-76(70,71)72)51(68)57-16-10-14-36(57)50(67)55-34(18-28-11-7-6-8-12-28)49(66)54-33-20-41(74-27(4)44(33)61)75-38-22-52(69,39(59)23-58)21-32-30(38)19-31-43(47(32)64)45(62)29-13-9-15-37(73-5)42(29)46(31)63/h6-9,11-13,15,19,25-27,33-36,38,41,44,58,61,64,69H,10,14,16-18,20-24H2,1-5H3,(H,53,60)(H,54,66)(H,55,67)(H,56,65)(H2,70,71,72). The lowest BCUT2D eigenvalue weighted by molar-refractivity contribution is -0.249. The summed E-state index contributed by atoms with van der Waals surface area (Å²) in [6.07, 6.45) is -6.90. The van der Waals surface area contributed by atoms with Crippen LogP contribution in [-0.2, 0) is 55.6 Å². The maximum Gasteiger partial charge on any atom is 0.334 e. The zero-order valence-corrected chi connectivity index (χ0v) is 43.4. The molecule has 76 heavy (non-hydrogen) atoms. The van der Waals surface area contributed by atoms with E-state index in [4.69, 9.17) is 14.2 Å². The minimum atomic E-state index is -4.73. The van der Waals surface area contributed by atoms with Gasteiger partial charge < -0.3 is 70.6 Å². The zero-order valence-electron chi connectivity index (χ0n) is 42.5. The molecule has 0 radical (unpaired) electrons. The van der Waals surface area contributed by atoms with Gasteiger partial charge in [0.2, 0.25) is 29.5 Å². The van der Waals surface area contributed by atoms with Crippen molar-refractivity contribution in [2.75, 3.05) is 26.4 Å². The molecule has 3 aromatic rings. The summed E-state index contributed by atoms with van der Waals surface area (Å²) in [6.45, 7) is 5.43. The summed E-state index contributed by atoms with van der Waals surface area (Å²) in [5.41, 5.74) is -2.30. The Bertz CT molecular complexity index is 2820. The second kappa shape index (κ2) is 23.4. The molecule has 0 aromatic heterocycles. The Hall–Kier alpha value is -6.43. The van der Waals surface area contributed by atoms with Gasteiger partial charge in [0.15, 0.2) is 23.6 Å². The molecule has 23 nitrogen and oxygen atoms in total. The van der Waals surface area contributed by atoms with Gasteiger partial charge in [-0.1, -0.05) is 56.3 Å². The minimum absolute atomic E-state index is 0.0343. The molecular formula is C52H64N5O18P. The fourth-order valence-electron chi connectivity index (χ4n) is 10.4. The topological polar surface area (TPSA) is 354 Å². The van der Waals surface area contributed by atoms with Crippen LogP contribution in [0.5, 0.6) is 11.5 Å². The largest absolute Gasteiger partial charge is 0.507 e. The van der Waals surface area contributed by atoms with Gasteiger partial charge in [-0.3, -0.25) is 42.9 Å². The minimum Gasteiger partial charge on any atom is -0.507 e. The summed E-state index contributed by atoms with van der Waals surface area (Å²) in [5, 5.41) is 55.4. The van der Waals surface area contributed by atoms with E-state index < -0.39 is 146 Å². The Kier molecular flexibility index (Phi) is 17.7. The average molecular weight is 1080 g/mol. The van der Waals surface area contributed by atoms with Gasteiger partial charge in [-0.15, -0.1) is 0 Å².